The van der Waals surface area contributed by atoms with E-state index >= 15 is 0 Å². The van der Waals surface area contributed by atoms with E-state index in [2.05, 4.69) is 11.6 Å². The largest absolute Gasteiger partial charge is 0.353 e. The number of thioether (sulfide) groups is 1. The van der Waals surface area contributed by atoms with Crippen LogP contribution in [-0.2, 0) is 9.47 Å². The van der Waals surface area contributed by atoms with Gasteiger partial charge in [0.1, 0.15) is 0 Å². The summed E-state index contributed by atoms with van der Waals surface area (Å²) in [5, 5.41) is 3.46. The molecule has 0 aromatic rings. The quantitative estimate of drug-likeness (QED) is 0.390. The Morgan fingerprint density at radius 3 is 2.22 bits per heavy atom. The van der Waals surface area contributed by atoms with Gasteiger partial charge in [-0.3, -0.25) is 0 Å². The predicted molar refractivity (Wildman–Crippen MR) is 81.4 cm³/mol. The normalized spacial score (nSPS) is 11.3. The maximum atomic E-state index is 5.49. The van der Waals surface area contributed by atoms with E-state index in [1.165, 1.54) is 31.4 Å². The van der Waals surface area contributed by atoms with Crippen LogP contribution in [0.5, 0.6) is 0 Å². The van der Waals surface area contributed by atoms with Gasteiger partial charge in [0, 0.05) is 19.6 Å². The predicted octanol–water partition coefficient (Wildman–Crippen LogP) is 3.29. The minimum atomic E-state index is -0.0333. The SMILES string of the molecule is CCOC(CCNCCCCCCSC)OCC. The first-order valence-electron chi connectivity index (χ1n) is 7.28. The molecule has 0 saturated carbocycles. The van der Waals surface area contributed by atoms with Gasteiger partial charge in [-0.05, 0) is 51.8 Å². The Kier molecular flexibility index (Phi) is 15.5. The van der Waals surface area contributed by atoms with Crippen LogP contribution in [0.4, 0.5) is 0 Å². The number of hydrogen-bond donors (Lipinski definition) is 1. The third kappa shape index (κ3) is 12.7. The maximum absolute atomic E-state index is 5.49. The molecule has 0 spiro atoms. The van der Waals surface area contributed by atoms with Gasteiger partial charge in [-0.15, -0.1) is 0 Å². The highest BCUT2D eigenvalue weighted by Gasteiger charge is 2.06. The summed E-state index contributed by atoms with van der Waals surface area (Å²) in [6, 6.07) is 0. The molecule has 0 bridgehead atoms. The minimum Gasteiger partial charge on any atom is -0.353 e. The molecule has 0 aliphatic carbocycles. The Labute approximate surface area is 117 Å². The lowest BCUT2D eigenvalue weighted by atomic mass is 10.2. The fraction of sp³-hybridized carbons (Fsp3) is 1.00. The van der Waals surface area contributed by atoms with Crippen LogP contribution in [0.25, 0.3) is 0 Å². The highest BCUT2D eigenvalue weighted by atomic mass is 32.2. The van der Waals surface area contributed by atoms with Crippen molar-refractivity contribution in [3.63, 3.8) is 0 Å². The van der Waals surface area contributed by atoms with Crippen LogP contribution in [0.2, 0.25) is 0 Å². The smallest absolute Gasteiger partial charge is 0.158 e. The number of unbranched alkanes of at least 4 members (excludes halogenated alkanes) is 3. The second-order valence-electron chi connectivity index (χ2n) is 4.29. The summed E-state index contributed by atoms with van der Waals surface area (Å²) in [6.45, 7) is 7.56. The Morgan fingerprint density at radius 2 is 1.61 bits per heavy atom. The van der Waals surface area contributed by atoms with Gasteiger partial charge in [0.25, 0.3) is 0 Å². The zero-order chi connectivity index (χ0) is 13.5. The van der Waals surface area contributed by atoms with Gasteiger partial charge in [-0.1, -0.05) is 12.8 Å². The summed E-state index contributed by atoms with van der Waals surface area (Å²) in [4.78, 5) is 0. The highest BCUT2D eigenvalue weighted by molar-refractivity contribution is 7.98. The molecular formula is C14H31NO2S. The molecular weight excluding hydrogens is 246 g/mol. The van der Waals surface area contributed by atoms with E-state index in [-0.39, 0.29) is 6.29 Å². The van der Waals surface area contributed by atoms with Crippen molar-refractivity contribution in [1.82, 2.24) is 5.32 Å². The lowest BCUT2D eigenvalue weighted by Gasteiger charge is -2.16. The summed E-state index contributed by atoms with van der Waals surface area (Å²) in [5.41, 5.74) is 0. The van der Waals surface area contributed by atoms with Crippen molar-refractivity contribution in [3.05, 3.63) is 0 Å². The first-order chi connectivity index (χ1) is 8.85. The van der Waals surface area contributed by atoms with Gasteiger partial charge >= 0.3 is 0 Å². The van der Waals surface area contributed by atoms with Crippen LogP contribution in [0, 0.1) is 0 Å². The molecule has 0 fully saturated rings. The molecule has 0 atom stereocenters. The standard InChI is InChI=1S/C14H31NO2S/c1-4-16-14(17-5-2)10-12-15-11-8-6-7-9-13-18-3/h14-15H,4-13H2,1-3H3. The average molecular weight is 277 g/mol. The zero-order valence-corrected chi connectivity index (χ0v) is 13.2. The van der Waals surface area contributed by atoms with E-state index in [0.717, 1.165) is 32.7 Å². The molecule has 1 N–H and O–H groups in total. The summed E-state index contributed by atoms with van der Waals surface area (Å²) in [6.07, 6.45) is 8.43. The van der Waals surface area contributed by atoms with Gasteiger partial charge in [0.05, 0.1) is 0 Å². The molecule has 4 heteroatoms. The molecule has 0 heterocycles. The molecule has 3 nitrogen and oxygen atoms in total. The maximum Gasteiger partial charge on any atom is 0.158 e. The lowest BCUT2D eigenvalue weighted by Crippen LogP contribution is -2.25. The van der Waals surface area contributed by atoms with Crippen LogP contribution in [0.3, 0.4) is 0 Å². The molecule has 0 aliphatic heterocycles. The van der Waals surface area contributed by atoms with Crippen LogP contribution >= 0.6 is 11.8 Å². The molecule has 0 rings (SSSR count). The van der Waals surface area contributed by atoms with Gasteiger partial charge in [0.2, 0.25) is 0 Å². The second kappa shape index (κ2) is 15.3. The van der Waals surface area contributed by atoms with E-state index in [9.17, 15) is 0 Å². The molecule has 0 unspecified atom stereocenters. The van der Waals surface area contributed by atoms with E-state index in [4.69, 9.17) is 9.47 Å². The summed E-state index contributed by atoms with van der Waals surface area (Å²) in [7, 11) is 0. The van der Waals surface area contributed by atoms with E-state index < -0.39 is 0 Å². The topological polar surface area (TPSA) is 30.5 Å². The van der Waals surface area contributed by atoms with Crippen LogP contribution in [-0.4, -0.2) is 44.6 Å². The molecule has 0 saturated heterocycles. The number of hydrogen-bond acceptors (Lipinski definition) is 4. The van der Waals surface area contributed by atoms with Crippen molar-refractivity contribution < 1.29 is 9.47 Å². The molecule has 0 aromatic carbocycles. The van der Waals surface area contributed by atoms with Crippen LogP contribution in [0.15, 0.2) is 0 Å². The monoisotopic (exact) mass is 277 g/mol. The van der Waals surface area contributed by atoms with Crippen LogP contribution in [0.1, 0.15) is 46.0 Å². The summed E-state index contributed by atoms with van der Waals surface area (Å²) in [5.74, 6) is 1.30. The number of nitrogens with one attached hydrogen (secondary N) is 1. The van der Waals surface area contributed by atoms with Crippen molar-refractivity contribution in [1.29, 1.82) is 0 Å². The molecule has 0 aliphatic rings. The first-order valence-corrected chi connectivity index (χ1v) is 8.67. The third-order valence-corrected chi connectivity index (χ3v) is 3.41. The fourth-order valence-corrected chi connectivity index (χ4v) is 2.27. The fourth-order valence-electron chi connectivity index (χ4n) is 1.78. The highest BCUT2D eigenvalue weighted by Crippen LogP contribution is 2.04. The molecule has 0 amide bonds. The first kappa shape index (κ1) is 18.2. The van der Waals surface area contributed by atoms with Gasteiger partial charge in [0.15, 0.2) is 6.29 Å². The molecule has 0 radical (unpaired) electrons. The molecule has 110 valence electrons. The Hall–Kier alpha value is 0.230. The molecule has 18 heavy (non-hydrogen) atoms. The van der Waals surface area contributed by atoms with Crippen molar-refractivity contribution in [2.45, 2.75) is 52.2 Å². The van der Waals surface area contributed by atoms with Gasteiger partial charge < -0.3 is 14.8 Å². The number of ether oxygens (including phenoxy) is 2. The molecule has 0 aromatic heterocycles. The zero-order valence-electron chi connectivity index (χ0n) is 12.4. The Balaban J connectivity index is 3.21. The van der Waals surface area contributed by atoms with Crippen LogP contribution < -0.4 is 5.32 Å². The van der Waals surface area contributed by atoms with Gasteiger partial charge in [-0.25, -0.2) is 0 Å². The van der Waals surface area contributed by atoms with E-state index in [1.54, 1.807) is 0 Å². The summed E-state index contributed by atoms with van der Waals surface area (Å²) >= 11 is 1.94. The Bertz CT molecular complexity index is 153. The van der Waals surface area contributed by atoms with E-state index in [1.807, 2.05) is 25.6 Å². The van der Waals surface area contributed by atoms with Crippen molar-refractivity contribution >= 4 is 11.8 Å². The van der Waals surface area contributed by atoms with E-state index in [0.29, 0.717) is 0 Å². The minimum absolute atomic E-state index is 0.0333. The van der Waals surface area contributed by atoms with Crippen molar-refractivity contribution in [2.24, 2.45) is 0 Å². The lowest BCUT2D eigenvalue weighted by molar-refractivity contribution is -0.138. The van der Waals surface area contributed by atoms with Gasteiger partial charge in [-0.2, -0.15) is 11.8 Å². The third-order valence-electron chi connectivity index (χ3n) is 2.71. The summed E-state index contributed by atoms with van der Waals surface area (Å²) < 4.78 is 11.0. The number of rotatable bonds is 14. The second-order valence-corrected chi connectivity index (χ2v) is 5.27. The van der Waals surface area contributed by atoms with Crippen molar-refractivity contribution in [3.8, 4) is 0 Å². The Morgan fingerprint density at radius 1 is 0.944 bits per heavy atom. The average Bonchev–Trinajstić information content (AvgIpc) is 2.37. The van der Waals surface area contributed by atoms with Crippen molar-refractivity contribution in [2.75, 3.05) is 38.3 Å².